The minimum atomic E-state index is -1.28. The summed E-state index contributed by atoms with van der Waals surface area (Å²) >= 11 is 0. The van der Waals surface area contributed by atoms with Crippen LogP contribution >= 0.6 is 0 Å². The van der Waals surface area contributed by atoms with Gasteiger partial charge in [-0.3, -0.25) is 4.79 Å². The van der Waals surface area contributed by atoms with Crippen LogP contribution < -0.4 is 0 Å². The molecule has 0 spiro atoms. The average molecular weight is 436 g/mol. The number of nitrogens with zero attached hydrogens (tertiary/aromatic N) is 1. The molecule has 2 aromatic carbocycles. The van der Waals surface area contributed by atoms with Gasteiger partial charge in [0.15, 0.2) is 0 Å². The average Bonchev–Trinajstić information content (AvgIpc) is 3.10. The molecule has 2 aliphatic carbocycles. The van der Waals surface area contributed by atoms with Gasteiger partial charge in [-0.15, -0.1) is 0 Å². The Morgan fingerprint density at radius 3 is 2.19 bits per heavy atom. The van der Waals surface area contributed by atoms with E-state index in [-0.39, 0.29) is 25.0 Å². The van der Waals surface area contributed by atoms with Crippen LogP contribution in [0.4, 0.5) is 4.79 Å². The summed E-state index contributed by atoms with van der Waals surface area (Å²) in [6.07, 6.45) is 2.73. The van der Waals surface area contributed by atoms with Crippen molar-refractivity contribution in [1.29, 1.82) is 0 Å². The highest BCUT2D eigenvalue weighted by atomic mass is 16.6. The lowest BCUT2D eigenvalue weighted by Crippen LogP contribution is -2.65. The van der Waals surface area contributed by atoms with Gasteiger partial charge in [-0.1, -0.05) is 55.0 Å². The molecule has 6 nitrogen and oxygen atoms in total. The maximum absolute atomic E-state index is 13.0. The Kier molecular flexibility index (Phi) is 5.20. The zero-order valence-corrected chi connectivity index (χ0v) is 18.4. The van der Waals surface area contributed by atoms with Crippen LogP contribution in [0.1, 0.15) is 49.1 Å². The molecule has 1 atom stereocenters. The molecule has 1 saturated heterocycles. The Morgan fingerprint density at radius 1 is 1.00 bits per heavy atom. The van der Waals surface area contributed by atoms with Crippen molar-refractivity contribution in [2.75, 3.05) is 26.8 Å². The number of ether oxygens (including phenoxy) is 2. The molecular formula is C26H29NO5. The molecule has 168 valence electrons. The highest BCUT2D eigenvalue weighted by Crippen LogP contribution is 2.53. The summed E-state index contributed by atoms with van der Waals surface area (Å²) < 4.78 is 10.8. The molecule has 32 heavy (non-hydrogen) atoms. The molecule has 2 aromatic rings. The summed E-state index contributed by atoms with van der Waals surface area (Å²) in [4.78, 5) is 27.1. The van der Waals surface area contributed by atoms with Gasteiger partial charge < -0.3 is 19.5 Å². The number of carbonyl (C=O) groups excluding carboxylic acids is 2. The fourth-order valence-electron chi connectivity index (χ4n) is 5.85. The van der Waals surface area contributed by atoms with Crippen LogP contribution in [-0.2, 0) is 14.3 Å². The number of aliphatic hydroxyl groups is 1. The van der Waals surface area contributed by atoms with Crippen molar-refractivity contribution in [3.05, 3.63) is 59.7 Å². The van der Waals surface area contributed by atoms with E-state index in [1.807, 2.05) is 24.3 Å². The first-order chi connectivity index (χ1) is 15.5. The molecule has 1 amide bonds. The number of hydrogen-bond donors (Lipinski definition) is 1. The van der Waals surface area contributed by atoms with Gasteiger partial charge in [-0.25, -0.2) is 4.79 Å². The summed E-state index contributed by atoms with van der Waals surface area (Å²) in [5, 5.41) is 11.5. The standard InChI is InChI=1S/C26H29NO5/c1-31-23(28)25(12-6-13-25)26(30)14-7-15-27(17-26)24(29)32-16-22-20-10-4-2-8-18(20)19-9-3-5-11-21(19)22/h2-5,8-11,22,30H,6-7,12-17H2,1H3. The summed E-state index contributed by atoms with van der Waals surface area (Å²) in [5.41, 5.74) is 2.50. The minimum Gasteiger partial charge on any atom is -0.469 e. The van der Waals surface area contributed by atoms with Crippen LogP contribution in [0, 0.1) is 5.41 Å². The van der Waals surface area contributed by atoms with Crippen molar-refractivity contribution >= 4 is 12.1 Å². The number of likely N-dealkylation sites (tertiary alicyclic amines) is 1. The van der Waals surface area contributed by atoms with Crippen molar-refractivity contribution in [2.45, 2.75) is 43.6 Å². The maximum atomic E-state index is 13.0. The molecule has 6 heteroatoms. The van der Waals surface area contributed by atoms with Gasteiger partial charge in [0, 0.05) is 12.5 Å². The number of hydrogen-bond acceptors (Lipinski definition) is 5. The summed E-state index contributed by atoms with van der Waals surface area (Å²) in [7, 11) is 1.36. The lowest BCUT2D eigenvalue weighted by Gasteiger charge is -2.53. The Balaban J connectivity index is 1.30. The molecule has 5 rings (SSSR count). The third-order valence-corrected chi connectivity index (χ3v) is 7.74. The lowest BCUT2D eigenvalue weighted by atomic mass is 9.56. The lowest BCUT2D eigenvalue weighted by molar-refractivity contribution is -0.196. The number of carbonyl (C=O) groups is 2. The van der Waals surface area contributed by atoms with Gasteiger partial charge >= 0.3 is 12.1 Å². The Labute approximate surface area is 188 Å². The number of esters is 1. The first-order valence-corrected chi connectivity index (χ1v) is 11.4. The maximum Gasteiger partial charge on any atom is 0.409 e. The quantitative estimate of drug-likeness (QED) is 0.732. The Hall–Kier alpha value is -2.86. The zero-order chi connectivity index (χ0) is 22.3. The Bertz CT molecular complexity index is 1000. The van der Waals surface area contributed by atoms with Gasteiger partial charge in [-0.05, 0) is 47.9 Å². The summed E-state index contributed by atoms with van der Waals surface area (Å²) in [6, 6.07) is 16.4. The van der Waals surface area contributed by atoms with E-state index < -0.39 is 17.1 Å². The third-order valence-electron chi connectivity index (χ3n) is 7.74. The van der Waals surface area contributed by atoms with Gasteiger partial charge in [0.2, 0.25) is 0 Å². The van der Waals surface area contributed by atoms with Crippen LogP contribution in [0.5, 0.6) is 0 Å². The van der Waals surface area contributed by atoms with Crippen LogP contribution in [0.2, 0.25) is 0 Å². The van der Waals surface area contributed by atoms with Crippen LogP contribution in [-0.4, -0.2) is 54.5 Å². The number of methoxy groups -OCH3 is 1. The molecule has 0 bridgehead atoms. The summed E-state index contributed by atoms with van der Waals surface area (Å²) in [6.45, 7) is 0.846. The van der Waals surface area contributed by atoms with Crippen molar-refractivity contribution in [2.24, 2.45) is 5.41 Å². The van der Waals surface area contributed by atoms with Gasteiger partial charge in [-0.2, -0.15) is 0 Å². The normalized spacial score (nSPS) is 23.6. The molecule has 1 N–H and O–H groups in total. The molecule has 2 fully saturated rings. The predicted molar refractivity (Wildman–Crippen MR) is 119 cm³/mol. The first kappa shape index (κ1) is 21.0. The van der Waals surface area contributed by atoms with E-state index in [0.29, 0.717) is 32.2 Å². The van der Waals surface area contributed by atoms with E-state index in [1.54, 1.807) is 4.90 Å². The second-order valence-electron chi connectivity index (χ2n) is 9.29. The molecule has 1 aliphatic heterocycles. The number of fused-ring (bicyclic) bond motifs is 3. The number of amides is 1. The van der Waals surface area contributed by atoms with E-state index in [4.69, 9.17) is 9.47 Å². The van der Waals surface area contributed by atoms with Crippen LogP contribution in [0.25, 0.3) is 11.1 Å². The highest BCUT2D eigenvalue weighted by Gasteiger charge is 2.61. The highest BCUT2D eigenvalue weighted by molar-refractivity contribution is 5.80. The number of β-amino-alcohol motifs (C(OH)–C–C–N with tert-alkyl or cyclic N) is 1. The van der Waals surface area contributed by atoms with E-state index in [2.05, 4.69) is 24.3 Å². The molecule has 1 saturated carbocycles. The second-order valence-corrected chi connectivity index (χ2v) is 9.29. The Morgan fingerprint density at radius 2 is 1.62 bits per heavy atom. The van der Waals surface area contributed by atoms with E-state index >= 15 is 0 Å². The van der Waals surface area contributed by atoms with Gasteiger partial charge in [0.1, 0.15) is 6.61 Å². The van der Waals surface area contributed by atoms with E-state index in [0.717, 1.165) is 17.5 Å². The van der Waals surface area contributed by atoms with Crippen LogP contribution in [0.15, 0.2) is 48.5 Å². The largest absolute Gasteiger partial charge is 0.469 e. The van der Waals surface area contributed by atoms with Gasteiger partial charge in [0.25, 0.3) is 0 Å². The number of piperidine rings is 1. The fraction of sp³-hybridized carbons (Fsp3) is 0.462. The smallest absolute Gasteiger partial charge is 0.409 e. The SMILES string of the molecule is COC(=O)C1(C2(O)CCCN(C(=O)OCC3c4ccccc4-c4ccccc43)C2)CCC1. The fourth-order valence-corrected chi connectivity index (χ4v) is 5.85. The van der Waals surface area contributed by atoms with Crippen molar-refractivity contribution in [3.8, 4) is 11.1 Å². The minimum absolute atomic E-state index is 0.0110. The van der Waals surface area contributed by atoms with Crippen LogP contribution in [0.3, 0.4) is 0 Å². The van der Waals surface area contributed by atoms with Crippen molar-refractivity contribution < 1.29 is 24.2 Å². The molecule has 1 unspecified atom stereocenters. The molecule has 1 heterocycles. The van der Waals surface area contributed by atoms with Crippen molar-refractivity contribution in [3.63, 3.8) is 0 Å². The van der Waals surface area contributed by atoms with Crippen molar-refractivity contribution in [1.82, 2.24) is 4.90 Å². The molecule has 3 aliphatic rings. The number of rotatable bonds is 4. The van der Waals surface area contributed by atoms with Gasteiger partial charge in [0.05, 0.1) is 24.7 Å². The first-order valence-electron chi connectivity index (χ1n) is 11.4. The molecule has 0 aromatic heterocycles. The predicted octanol–water partition coefficient (Wildman–Crippen LogP) is 4.11. The third kappa shape index (κ3) is 3.12. The monoisotopic (exact) mass is 435 g/mol. The molecule has 0 radical (unpaired) electrons. The topological polar surface area (TPSA) is 76.1 Å². The van der Waals surface area contributed by atoms with E-state index in [9.17, 15) is 14.7 Å². The second kappa shape index (κ2) is 7.93. The summed E-state index contributed by atoms with van der Waals surface area (Å²) in [5.74, 6) is -0.385. The zero-order valence-electron chi connectivity index (χ0n) is 18.4. The van der Waals surface area contributed by atoms with E-state index in [1.165, 1.54) is 18.2 Å². The number of benzene rings is 2. The molecular weight excluding hydrogens is 406 g/mol.